The monoisotopic (exact) mass is 930 g/mol. The molecule has 6 aliphatic rings. The van der Waals surface area contributed by atoms with Crippen molar-refractivity contribution in [2.24, 2.45) is 23.7 Å². The number of aromatic nitrogens is 1. The number of rotatable bonds is 11. The van der Waals surface area contributed by atoms with Crippen LogP contribution in [0.2, 0.25) is 5.02 Å². The van der Waals surface area contributed by atoms with E-state index in [2.05, 4.69) is 24.8 Å². The van der Waals surface area contributed by atoms with E-state index in [0.29, 0.717) is 42.8 Å². The smallest absolute Gasteiger partial charge is 0.306 e. The second kappa shape index (κ2) is 20.5. The van der Waals surface area contributed by atoms with Crippen molar-refractivity contribution in [3.05, 3.63) is 61.8 Å². The first kappa shape index (κ1) is 48.1. The Bertz CT molecular complexity index is 2000. The number of carbonyl (C=O) groups is 2. The van der Waals surface area contributed by atoms with E-state index in [0.717, 1.165) is 41.9 Å². The summed E-state index contributed by atoms with van der Waals surface area (Å²) in [4.78, 5) is 37.7. The summed E-state index contributed by atoms with van der Waals surface area (Å²) in [6.07, 6.45) is 4.61. The molecular weight excluding hydrogens is 863 g/mol. The average molecular weight is 932 g/mol. The Morgan fingerprint density at radius 2 is 1.70 bits per heavy atom. The zero-order valence-electron chi connectivity index (χ0n) is 38.8. The number of hydrogen-bond donors (Lipinski definition) is 0. The fraction of sp³-hybridized carbons (Fsp3) is 0.735. The van der Waals surface area contributed by atoms with Gasteiger partial charge in [-0.15, -0.1) is 11.3 Å². The first-order chi connectivity index (χ1) is 30.7. The molecule has 4 fully saturated rings. The third kappa shape index (κ3) is 9.67. The third-order valence-corrected chi connectivity index (χ3v) is 16.8. The van der Waals surface area contributed by atoms with Crippen LogP contribution in [0.1, 0.15) is 118 Å². The number of cyclic esters (lactones) is 1. The number of nitrogens with zero attached hydrogens (tertiary/aromatic N) is 2. The number of thiazole rings is 1. The molecule has 12 nitrogen and oxygen atoms in total. The number of ether oxygens (including phenoxy) is 8. The molecule has 17 atom stereocenters. The van der Waals surface area contributed by atoms with E-state index in [-0.39, 0.29) is 96.2 Å². The Hall–Kier alpha value is -2.37. The number of fused-ring (bicyclic) bond motifs is 8. The summed E-state index contributed by atoms with van der Waals surface area (Å²) < 4.78 is 64.2. The summed E-state index contributed by atoms with van der Waals surface area (Å²) in [5, 5.41) is 1.38. The molecule has 4 heterocycles. The number of carbonyl (C=O) groups excluding carboxylic acids is 2. The standard InChI is InChI=1S/C49H68ClFN2O10S/c1-10-30-12-11-13-39(63-41-17-16-38(25(3)59-41)53(6)23-28-14-15-29(51)18-37(28)50)24(2)44(55)35-21-33-32-19-31(62-49-47(58-9)46(57-8)45(56-7)26(4)60-49)20-36(32)48-43(52-27(5)64-48)42(33)34(35)22-40(54)61-30/h14-15,18,21,24-26,30-34,36,38-39,41-42,45-47,49H,10-13,16-17,19-20,22-23H2,1-9H3/t24-,25?,26?,30+,31+,32+,33+,34-,36-,38+,39+,41+,42-,45+,46?,47+,49+/m1/s1. The highest BCUT2D eigenvalue weighted by Crippen LogP contribution is 2.62. The lowest BCUT2D eigenvalue weighted by Crippen LogP contribution is -2.59. The average Bonchev–Trinajstić information content (AvgIpc) is 3.97. The van der Waals surface area contributed by atoms with Gasteiger partial charge in [0.05, 0.1) is 41.5 Å². The molecule has 0 N–H and O–H groups in total. The normalized spacial score (nSPS) is 39.2. The number of esters is 1. The van der Waals surface area contributed by atoms with Crippen LogP contribution in [0.5, 0.6) is 0 Å². The van der Waals surface area contributed by atoms with E-state index in [1.165, 1.54) is 17.0 Å². The summed E-state index contributed by atoms with van der Waals surface area (Å²) in [5.41, 5.74) is 2.56. The number of methoxy groups -OCH3 is 3. The fourth-order valence-electron chi connectivity index (χ4n) is 12.1. The highest BCUT2D eigenvalue weighted by molar-refractivity contribution is 7.11. The van der Waals surface area contributed by atoms with Crippen molar-refractivity contribution in [1.29, 1.82) is 0 Å². The first-order valence-corrected chi connectivity index (χ1v) is 24.7. The second-order valence-corrected chi connectivity index (χ2v) is 20.8. The summed E-state index contributed by atoms with van der Waals surface area (Å²) in [5.74, 6) is -1.26. The molecule has 1 saturated carbocycles. The molecule has 2 aromatic rings. The molecule has 0 bridgehead atoms. The van der Waals surface area contributed by atoms with E-state index in [9.17, 15) is 9.18 Å². The van der Waals surface area contributed by atoms with Crippen LogP contribution in [0.4, 0.5) is 4.39 Å². The van der Waals surface area contributed by atoms with Gasteiger partial charge in [0.25, 0.3) is 0 Å². The molecule has 8 rings (SSSR count). The molecule has 3 aliphatic heterocycles. The number of hydrogen-bond acceptors (Lipinski definition) is 13. The quantitative estimate of drug-likeness (QED) is 0.200. The van der Waals surface area contributed by atoms with E-state index in [1.807, 2.05) is 27.8 Å². The molecular formula is C49H68ClFN2O10S. The van der Waals surface area contributed by atoms with Crippen molar-refractivity contribution < 1.29 is 51.9 Å². The molecule has 0 amide bonds. The summed E-state index contributed by atoms with van der Waals surface area (Å²) >= 11 is 8.11. The van der Waals surface area contributed by atoms with Gasteiger partial charge in [-0.05, 0) is 114 Å². The van der Waals surface area contributed by atoms with Crippen LogP contribution in [-0.4, -0.2) is 117 Å². The molecule has 3 saturated heterocycles. The minimum Gasteiger partial charge on any atom is -0.462 e. The molecule has 3 unspecified atom stereocenters. The van der Waals surface area contributed by atoms with Crippen LogP contribution in [0, 0.1) is 36.4 Å². The van der Waals surface area contributed by atoms with Gasteiger partial charge in [0, 0.05) is 67.5 Å². The highest BCUT2D eigenvalue weighted by atomic mass is 35.5. The zero-order chi connectivity index (χ0) is 45.6. The van der Waals surface area contributed by atoms with Gasteiger partial charge >= 0.3 is 5.97 Å². The van der Waals surface area contributed by atoms with Crippen LogP contribution in [0.15, 0.2) is 29.8 Å². The van der Waals surface area contributed by atoms with Gasteiger partial charge in [-0.25, -0.2) is 9.37 Å². The van der Waals surface area contributed by atoms with Gasteiger partial charge in [0.2, 0.25) is 0 Å². The largest absolute Gasteiger partial charge is 0.462 e. The van der Waals surface area contributed by atoms with E-state index < -0.39 is 30.7 Å². The van der Waals surface area contributed by atoms with Gasteiger partial charge in [-0.1, -0.05) is 37.6 Å². The Kier molecular flexibility index (Phi) is 15.4. The highest BCUT2D eigenvalue weighted by Gasteiger charge is 2.57. The van der Waals surface area contributed by atoms with E-state index in [1.54, 1.807) is 38.7 Å². The van der Waals surface area contributed by atoms with Gasteiger partial charge in [0.1, 0.15) is 30.2 Å². The molecule has 1 aromatic heterocycles. The van der Waals surface area contributed by atoms with Crippen molar-refractivity contribution in [3.8, 4) is 0 Å². The van der Waals surface area contributed by atoms with Crippen molar-refractivity contribution in [3.63, 3.8) is 0 Å². The molecule has 0 radical (unpaired) electrons. The molecule has 1 aromatic carbocycles. The number of ketones is 1. The summed E-state index contributed by atoms with van der Waals surface area (Å²) in [6, 6.07) is 4.61. The Morgan fingerprint density at radius 3 is 2.41 bits per heavy atom. The predicted octanol–water partition coefficient (Wildman–Crippen LogP) is 8.69. The van der Waals surface area contributed by atoms with Crippen molar-refractivity contribution in [1.82, 2.24) is 9.88 Å². The van der Waals surface area contributed by atoms with Crippen LogP contribution in [0.3, 0.4) is 0 Å². The number of likely N-dealkylation sites (N-methyl/N-ethyl adjacent to an activating group) is 1. The lowest BCUT2D eigenvalue weighted by Gasteiger charge is -2.44. The van der Waals surface area contributed by atoms with Crippen molar-refractivity contribution in [2.45, 2.75) is 178 Å². The minimum atomic E-state index is -0.652. The van der Waals surface area contributed by atoms with Gasteiger partial charge in [-0.3, -0.25) is 14.5 Å². The Morgan fingerprint density at radius 1 is 0.938 bits per heavy atom. The Labute approximate surface area is 387 Å². The van der Waals surface area contributed by atoms with Gasteiger partial charge in [0.15, 0.2) is 18.4 Å². The molecule has 15 heteroatoms. The van der Waals surface area contributed by atoms with Crippen LogP contribution in [-0.2, 0) is 54.0 Å². The number of aryl methyl sites for hydroxylation is 1. The van der Waals surface area contributed by atoms with Crippen LogP contribution < -0.4 is 0 Å². The first-order valence-electron chi connectivity index (χ1n) is 23.5. The number of Topliss-reactive ketones (excluding diaryl/α,β-unsaturated/α-hetero) is 1. The van der Waals surface area contributed by atoms with E-state index >= 15 is 4.79 Å². The lowest BCUT2D eigenvalue weighted by atomic mass is 9.67. The van der Waals surface area contributed by atoms with Crippen LogP contribution in [0.25, 0.3) is 0 Å². The van der Waals surface area contributed by atoms with Crippen molar-refractivity contribution >= 4 is 34.7 Å². The summed E-state index contributed by atoms with van der Waals surface area (Å²) in [7, 11) is 6.99. The molecule has 3 aliphatic carbocycles. The maximum atomic E-state index is 15.2. The predicted molar refractivity (Wildman–Crippen MR) is 240 cm³/mol. The van der Waals surface area contributed by atoms with E-state index in [4.69, 9.17) is 54.5 Å². The topological polar surface area (TPSA) is 124 Å². The maximum Gasteiger partial charge on any atom is 0.306 e. The maximum absolute atomic E-state index is 15.2. The third-order valence-electron chi connectivity index (χ3n) is 15.3. The Balaban J connectivity index is 1.03. The van der Waals surface area contributed by atoms with Gasteiger partial charge in [-0.2, -0.15) is 0 Å². The summed E-state index contributed by atoms with van der Waals surface area (Å²) in [6.45, 7) is 10.7. The SMILES string of the molecule is CC[C@H]1CCC[C@H](O[C@H]2CC[C@H](N(C)Cc3ccc(F)cc3Cl)C(C)O2)[C@@H](C)C(=O)C2=C[C@H]3[C@@H]4C[C@H](O[C@@H]5OC(C)[C@H](OC)C(OC)[C@@H]5OC)C[C@H]4c4sc(C)nc4[C@H]3[C@@H]2CC(=O)O1. The fourth-order valence-corrected chi connectivity index (χ4v) is 13.5. The van der Waals surface area contributed by atoms with Gasteiger partial charge < -0.3 is 37.9 Å². The van der Waals surface area contributed by atoms with Crippen molar-refractivity contribution in [2.75, 3.05) is 28.4 Å². The van der Waals surface area contributed by atoms with Crippen LogP contribution >= 0.6 is 22.9 Å². The minimum absolute atomic E-state index is 0.0155. The lowest BCUT2D eigenvalue weighted by molar-refractivity contribution is -0.314. The zero-order valence-corrected chi connectivity index (χ0v) is 40.4. The number of halogens is 2. The molecule has 354 valence electrons. The molecule has 64 heavy (non-hydrogen) atoms. The number of allylic oxidation sites excluding steroid dienone is 2. The second-order valence-electron chi connectivity index (χ2n) is 19.2. The number of benzene rings is 1. The molecule has 0 spiro atoms.